The Labute approximate surface area is 228 Å². The van der Waals surface area contributed by atoms with Crippen molar-refractivity contribution >= 4 is 21.7 Å². The largest absolute Gasteiger partial charge is 0.491 e. The average Bonchev–Trinajstić information content (AvgIpc) is 3.12. The first-order chi connectivity index (χ1) is 18.8. The van der Waals surface area contributed by atoms with Gasteiger partial charge in [0.25, 0.3) is 11.8 Å². The van der Waals surface area contributed by atoms with Crippen LogP contribution in [0.25, 0.3) is 11.1 Å². The topological polar surface area (TPSA) is 92.8 Å². The maximum Gasteiger partial charge on any atom is 0.405 e. The monoisotopic (exact) mass is 578 g/mol. The first-order valence-electron chi connectivity index (χ1n) is 12.3. The summed E-state index contributed by atoms with van der Waals surface area (Å²) in [6, 6.07) is 13.8. The maximum atomic E-state index is 15.0. The van der Waals surface area contributed by atoms with Crippen molar-refractivity contribution in [3.8, 4) is 16.9 Å². The van der Waals surface area contributed by atoms with Gasteiger partial charge in [0.05, 0.1) is 6.54 Å². The van der Waals surface area contributed by atoms with Gasteiger partial charge in [-0.15, -0.1) is 0 Å². The van der Waals surface area contributed by atoms with Gasteiger partial charge in [-0.05, 0) is 53.9 Å². The van der Waals surface area contributed by atoms with E-state index in [9.17, 15) is 31.2 Å². The molecule has 12 heteroatoms. The summed E-state index contributed by atoms with van der Waals surface area (Å²) < 4.78 is 81.9. The fourth-order valence-corrected chi connectivity index (χ4v) is 5.21. The Morgan fingerprint density at radius 1 is 1.02 bits per heavy atom. The number of hydrogen-bond acceptors (Lipinski definition) is 5. The van der Waals surface area contributed by atoms with E-state index in [-0.39, 0.29) is 42.8 Å². The van der Waals surface area contributed by atoms with E-state index >= 15 is 4.39 Å². The van der Waals surface area contributed by atoms with Crippen molar-refractivity contribution in [3.05, 3.63) is 82.7 Å². The van der Waals surface area contributed by atoms with Crippen LogP contribution in [0.1, 0.15) is 38.8 Å². The predicted octanol–water partition coefficient (Wildman–Crippen LogP) is 4.79. The van der Waals surface area contributed by atoms with E-state index in [0.29, 0.717) is 16.9 Å². The number of rotatable bonds is 6. The van der Waals surface area contributed by atoms with E-state index in [0.717, 1.165) is 17.9 Å². The number of fused-ring (bicyclic) bond motifs is 1. The van der Waals surface area contributed by atoms with Crippen LogP contribution >= 0.6 is 0 Å². The molecule has 0 saturated carbocycles. The summed E-state index contributed by atoms with van der Waals surface area (Å²) in [4.78, 5) is 26.5. The molecule has 7 nitrogen and oxygen atoms in total. The first kappa shape index (κ1) is 29.1. The highest BCUT2D eigenvalue weighted by molar-refractivity contribution is 7.90. The van der Waals surface area contributed by atoms with E-state index < -0.39 is 45.1 Å². The number of carbonyl (C=O) groups is 2. The van der Waals surface area contributed by atoms with Crippen LogP contribution in [0.5, 0.6) is 5.75 Å². The number of nitrogens with one attached hydrogen (secondary N) is 1. The lowest BCUT2D eigenvalue weighted by Crippen LogP contribution is -2.33. The second kappa shape index (κ2) is 11.3. The number of alkyl halides is 3. The molecule has 2 amide bonds. The molecule has 1 heterocycles. The van der Waals surface area contributed by atoms with Crippen molar-refractivity contribution in [2.75, 3.05) is 26.0 Å². The van der Waals surface area contributed by atoms with Crippen molar-refractivity contribution < 1.29 is 40.3 Å². The lowest BCUT2D eigenvalue weighted by molar-refractivity contribution is -0.123. The predicted molar refractivity (Wildman–Crippen MR) is 139 cm³/mol. The third-order valence-electron chi connectivity index (χ3n) is 6.45. The van der Waals surface area contributed by atoms with Crippen LogP contribution in [-0.2, 0) is 22.8 Å². The fourth-order valence-electron chi connectivity index (χ4n) is 4.45. The zero-order valence-corrected chi connectivity index (χ0v) is 22.5. The van der Waals surface area contributed by atoms with Crippen LogP contribution in [0.3, 0.4) is 0 Å². The molecule has 0 spiro atoms. The first-order valence-corrected chi connectivity index (χ1v) is 14.2. The van der Waals surface area contributed by atoms with Gasteiger partial charge in [0.15, 0.2) is 9.84 Å². The Morgan fingerprint density at radius 3 is 2.33 bits per heavy atom. The number of sulfone groups is 1. The van der Waals surface area contributed by atoms with Crippen LogP contribution in [0.15, 0.2) is 59.5 Å². The number of halogens is 4. The van der Waals surface area contributed by atoms with Gasteiger partial charge in [-0.3, -0.25) is 9.59 Å². The molecule has 0 atom stereocenters. The highest BCUT2D eigenvalue weighted by Gasteiger charge is 2.28. The van der Waals surface area contributed by atoms with Crippen molar-refractivity contribution in [2.24, 2.45) is 0 Å². The van der Waals surface area contributed by atoms with Gasteiger partial charge >= 0.3 is 6.18 Å². The third kappa shape index (κ3) is 6.44. The summed E-state index contributed by atoms with van der Waals surface area (Å²) in [5.41, 5.74) is 2.24. The van der Waals surface area contributed by atoms with E-state index in [1.54, 1.807) is 37.3 Å². The molecule has 3 aromatic carbocycles. The molecule has 1 aliphatic rings. The molecule has 3 aromatic rings. The van der Waals surface area contributed by atoms with Crippen molar-refractivity contribution in [3.63, 3.8) is 0 Å². The molecule has 0 aliphatic carbocycles. The lowest BCUT2D eigenvalue weighted by Gasteiger charge is -2.22. The standard InChI is InChI=1S/C28H26F4N2O5S/c1-3-21-22(9-11-24(25(21)29)40(2,37)38)27(36)34-12-13-39-23-10-8-19(14-20(23)15-34)17-4-6-18(7-5-17)26(35)33-16-28(30,31)32/h4-11,14H,3,12-13,15-16H2,1-2H3,(H,33,35). The molecule has 0 radical (unpaired) electrons. The minimum Gasteiger partial charge on any atom is -0.491 e. The Bertz CT molecular complexity index is 1550. The number of hydrogen-bond donors (Lipinski definition) is 1. The van der Waals surface area contributed by atoms with E-state index in [4.69, 9.17) is 4.74 Å². The van der Waals surface area contributed by atoms with Crippen molar-refractivity contribution in [1.82, 2.24) is 10.2 Å². The van der Waals surface area contributed by atoms with Gasteiger partial charge in [0.2, 0.25) is 0 Å². The lowest BCUT2D eigenvalue weighted by atomic mass is 10.00. The number of nitrogens with zero attached hydrogens (tertiary/aromatic N) is 1. The summed E-state index contributed by atoms with van der Waals surface area (Å²) in [5, 5.41) is 1.83. The van der Waals surface area contributed by atoms with E-state index in [2.05, 4.69) is 0 Å². The summed E-state index contributed by atoms with van der Waals surface area (Å²) in [6.45, 7) is 0.744. The molecule has 0 bridgehead atoms. The van der Waals surface area contributed by atoms with Gasteiger partial charge in [0, 0.05) is 35.1 Å². The summed E-state index contributed by atoms with van der Waals surface area (Å²) in [5.74, 6) is -1.69. The summed E-state index contributed by atoms with van der Waals surface area (Å²) in [6.07, 6.45) is -3.49. The second-order valence-corrected chi connectivity index (χ2v) is 11.3. The Hall–Kier alpha value is -3.93. The Balaban J connectivity index is 1.57. The van der Waals surface area contributed by atoms with Gasteiger partial charge < -0.3 is 15.0 Å². The summed E-state index contributed by atoms with van der Waals surface area (Å²) in [7, 11) is -3.81. The van der Waals surface area contributed by atoms with Crippen molar-refractivity contribution in [1.29, 1.82) is 0 Å². The molecular weight excluding hydrogens is 552 g/mol. The van der Waals surface area contributed by atoms with Gasteiger partial charge in [0.1, 0.15) is 29.6 Å². The summed E-state index contributed by atoms with van der Waals surface area (Å²) >= 11 is 0. The van der Waals surface area contributed by atoms with E-state index in [1.807, 2.05) is 5.32 Å². The average molecular weight is 579 g/mol. The highest BCUT2D eigenvalue weighted by atomic mass is 32.2. The van der Waals surface area contributed by atoms with E-state index in [1.165, 1.54) is 23.1 Å². The highest BCUT2D eigenvalue weighted by Crippen LogP contribution is 2.31. The molecule has 0 aromatic heterocycles. The maximum absolute atomic E-state index is 15.0. The molecule has 0 saturated heterocycles. The number of carbonyl (C=O) groups excluding carboxylic acids is 2. The number of benzene rings is 3. The van der Waals surface area contributed by atoms with Crippen LogP contribution in [0.2, 0.25) is 0 Å². The van der Waals surface area contributed by atoms with Gasteiger partial charge in [-0.25, -0.2) is 12.8 Å². The van der Waals surface area contributed by atoms with Crippen LogP contribution in [0, 0.1) is 5.82 Å². The molecule has 40 heavy (non-hydrogen) atoms. The molecule has 1 aliphatic heterocycles. The smallest absolute Gasteiger partial charge is 0.405 e. The SMILES string of the molecule is CCc1c(C(=O)N2CCOc3ccc(-c4ccc(C(=O)NCC(F)(F)F)cc4)cc3C2)ccc(S(C)(=O)=O)c1F. The van der Waals surface area contributed by atoms with Crippen LogP contribution in [-0.4, -0.2) is 57.3 Å². The normalized spacial score (nSPS) is 13.7. The minimum atomic E-state index is -4.51. The molecule has 0 unspecified atom stereocenters. The zero-order valence-electron chi connectivity index (χ0n) is 21.6. The van der Waals surface area contributed by atoms with Gasteiger partial charge in [-0.1, -0.05) is 25.1 Å². The zero-order chi connectivity index (χ0) is 29.2. The number of ether oxygens (including phenoxy) is 1. The molecule has 4 rings (SSSR count). The quantitative estimate of drug-likeness (QED) is 0.425. The Morgan fingerprint density at radius 2 is 1.70 bits per heavy atom. The van der Waals surface area contributed by atoms with Crippen LogP contribution in [0.4, 0.5) is 17.6 Å². The van der Waals surface area contributed by atoms with Crippen molar-refractivity contribution in [2.45, 2.75) is 31.0 Å². The fraction of sp³-hybridized carbons (Fsp3) is 0.286. The minimum absolute atomic E-state index is 0.0198. The third-order valence-corrected chi connectivity index (χ3v) is 7.56. The molecule has 1 N–H and O–H groups in total. The number of amides is 2. The second-order valence-electron chi connectivity index (χ2n) is 9.30. The van der Waals surface area contributed by atoms with Crippen LogP contribution < -0.4 is 10.1 Å². The molecular formula is C28H26F4N2O5S. The Kier molecular flexibility index (Phi) is 8.20. The van der Waals surface area contributed by atoms with Gasteiger partial charge in [-0.2, -0.15) is 13.2 Å². The molecule has 0 fully saturated rings. The molecule has 212 valence electrons.